The molecule has 41 heavy (non-hydrogen) atoms. The number of imidazole rings is 1. The number of rotatable bonds is 11. The fourth-order valence-electron chi connectivity index (χ4n) is 4.90. The van der Waals surface area contributed by atoms with Gasteiger partial charge in [0.25, 0.3) is 5.91 Å². The maximum atomic E-state index is 13.9. The molecule has 0 aliphatic carbocycles. The van der Waals surface area contributed by atoms with Crippen molar-refractivity contribution < 1.29 is 22.7 Å². The summed E-state index contributed by atoms with van der Waals surface area (Å²) in [4.78, 5) is 23.0. The Morgan fingerprint density at radius 3 is 2.61 bits per heavy atom. The number of nitrogens with zero attached hydrogens (tertiary/aromatic N) is 4. The molecule has 0 saturated carbocycles. The van der Waals surface area contributed by atoms with Gasteiger partial charge in [0.1, 0.15) is 11.2 Å². The predicted molar refractivity (Wildman–Crippen MR) is 158 cm³/mol. The van der Waals surface area contributed by atoms with Crippen molar-refractivity contribution in [2.75, 3.05) is 13.1 Å². The molecule has 2 aromatic carbocycles. The lowest BCUT2D eigenvalue weighted by Gasteiger charge is -2.30. The second-order valence-electron chi connectivity index (χ2n) is 10.5. The average molecular weight is 596 g/mol. The molecule has 10 nitrogen and oxygen atoms in total. The van der Waals surface area contributed by atoms with Gasteiger partial charge in [-0.15, -0.1) is 11.3 Å². The lowest BCUT2D eigenvalue weighted by Crippen LogP contribution is -2.51. The van der Waals surface area contributed by atoms with Gasteiger partial charge in [-0.05, 0) is 37.0 Å². The number of oxazole rings is 1. The summed E-state index contributed by atoms with van der Waals surface area (Å²) in [7, 11) is -4.02. The summed E-state index contributed by atoms with van der Waals surface area (Å²) in [5, 5.41) is 16.4. The van der Waals surface area contributed by atoms with Crippen molar-refractivity contribution in [3.05, 3.63) is 82.9 Å². The lowest BCUT2D eigenvalue weighted by molar-refractivity contribution is 0.0770. The van der Waals surface area contributed by atoms with Crippen molar-refractivity contribution >= 4 is 43.3 Å². The first-order chi connectivity index (χ1) is 19.5. The molecule has 0 bridgehead atoms. The Balaban J connectivity index is 1.44. The van der Waals surface area contributed by atoms with Crippen molar-refractivity contribution in [3.63, 3.8) is 0 Å². The van der Waals surface area contributed by atoms with Crippen LogP contribution in [-0.4, -0.2) is 63.3 Å². The molecule has 3 aromatic heterocycles. The topological polar surface area (TPSA) is 130 Å². The molecule has 0 unspecified atom stereocenters. The summed E-state index contributed by atoms with van der Waals surface area (Å²) < 4.78 is 36.3. The minimum atomic E-state index is -4.02. The normalized spacial score (nSPS) is 13.8. The first-order valence-electron chi connectivity index (χ1n) is 13.3. The third kappa shape index (κ3) is 6.20. The van der Waals surface area contributed by atoms with Crippen molar-refractivity contribution in [2.45, 2.75) is 51.2 Å². The quantitative estimate of drug-likeness (QED) is 0.234. The van der Waals surface area contributed by atoms with Crippen LogP contribution in [0.15, 0.2) is 69.4 Å². The summed E-state index contributed by atoms with van der Waals surface area (Å²) in [6, 6.07) is 13.3. The minimum absolute atomic E-state index is 0.0169. The van der Waals surface area contributed by atoms with E-state index < -0.39 is 28.1 Å². The van der Waals surface area contributed by atoms with E-state index >= 15 is 0 Å². The van der Waals surface area contributed by atoms with E-state index in [2.05, 4.69) is 15.3 Å². The van der Waals surface area contributed by atoms with E-state index in [-0.39, 0.29) is 23.9 Å². The Morgan fingerprint density at radius 1 is 1.12 bits per heavy atom. The monoisotopic (exact) mass is 595 g/mol. The van der Waals surface area contributed by atoms with Crippen molar-refractivity contribution in [2.24, 2.45) is 5.92 Å². The summed E-state index contributed by atoms with van der Waals surface area (Å²) in [5.41, 5.74) is 2.79. The molecule has 0 fully saturated rings. The van der Waals surface area contributed by atoms with Gasteiger partial charge in [-0.1, -0.05) is 44.2 Å². The van der Waals surface area contributed by atoms with Crippen LogP contribution in [0, 0.1) is 19.8 Å². The summed E-state index contributed by atoms with van der Waals surface area (Å²) >= 11 is 1.42. The number of aryl methyl sites for hydroxylation is 2. The molecule has 216 valence electrons. The number of thiazole rings is 1. The van der Waals surface area contributed by atoms with E-state index in [1.807, 2.05) is 49.6 Å². The molecule has 0 aliphatic heterocycles. The number of carbonyl (C=O) groups is 1. The van der Waals surface area contributed by atoms with E-state index in [0.717, 1.165) is 5.56 Å². The van der Waals surface area contributed by atoms with Crippen LogP contribution in [0.4, 0.5) is 0 Å². The molecule has 0 saturated heterocycles. The van der Waals surface area contributed by atoms with Crippen LogP contribution >= 0.6 is 11.3 Å². The summed E-state index contributed by atoms with van der Waals surface area (Å²) in [6.07, 6.45) is 0.869. The zero-order chi connectivity index (χ0) is 29.3. The largest absolute Gasteiger partial charge is 0.441 e. The van der Waals surface area contributed by atoms with Crippen LogP contribution in [-0.2, 0) is 16.4 Å². The SMILES string of the molecule is Cc1nc2ccc(S(=O)(=O)N(CC(C)C)C[C@@H](O)[C@H](Cc3ccccc3)NC(=O)c3c(C)nc4sccn34)cc2o1. The minimum Gasteiger partial charge on any atom is -0.441 e. The standard InChI is InChI=1S/C29H33N5O5S2/c1-18(2)16-33(41(37,38)22-10-11-23-26(15-22)39-20(4)31-23)17-25(35)24(14-21-8-6-5-7-9-21)32-28(36)27-19(3)30-29-34(27)12-13-40-29/h5-13,15,18,24-25,35H,14,16-17H2,1-4H3,(H,32,36)/t24-,25+/m0/s1. The second-order valence-corrected chi connectivity index (χ2v) is 13.3. The zero-order valence-corrected chi connectivity index (χ0v) is 24.9. The Hall–Kier alpha value is -3.58. The number of nitrogens with one attached hydrogen (secondary N) is 1. The van der Waals surface area contributed by atoms with Crippen LogP contribution in [0.1, 0.15) is 41.5 Å². The molecule has 3 heterocycles. The van der Waals surface area contributed by atoms with Crippen LogP contribution in [0.2, 0.25) is 0 Å². The number of aliphatic hydroxyl groups is 1. The maximum absolute atomic E-state index is 13.9. The third-order valence-electron chi connectivity index (χ3n) is 6.79. The fourth-order valence-corrected chi connectivity index (χ4v) is 7.30. The Labute approximate surface area is 242 Å². The van der Waals surface area contributed by atoms with Gasteiger partial charge in [-0.25, -0.2) is 18.4 Å². The Morgan fingerprint density at radius 2 is 1.88 bits per heavy atom. The first kappa shape index (κ1) is 28.9. The van der Waals surface area contributed by atoms with E-state index in [1.165, 1.54) is 27.8 Å². The van der Waals surface area contributed by atoms with Gasteiger partial charge >= 0.3 is 0 Å². The van der Waals surface area contributed by atoms with E-state index in [0.29, 0.717) is 39.8 Å². The average Bonchev–Trinajstić information content (AvgIpc) is 3.60. The zero-order valence-electron chi connectivity index (χ0n) is 23.3. The Bertz CT molecular complexity index is 1780. The molecule has 5 rings (SSSR count). The number of amides is 1. The number of fused-ring (bicyclic) bond motifs is 2. The van der Waals surface area contributed by atoms with Gasteiger partial charge in [0.05, 0.1) is 22.7 Å². The van der Waals surface area contributed by atoms with Crippen LogP contribution in [0.5, 0.6) is 0 Å². The Kier molecular flexibility index (Phi) is 8.28. The third-order valence-corrected chi connectivity index (χ3v) is 9.38. The summed E-state index contributed by atoms with van der Waals surface area (Å²) in [6.45, 7) is 7.25. The lowest BCUT2D eigenvalue weighted by atomic mass is 10.0. The van der Waals surface area contributed by atoms with Crippen LogP contribution < -0.4 is 5.32 Å². The highest BCUT2D eigenvalue weighted by molar-refractivity contribution is 7.89. The van der Waals surface area contributed by atoms with Gasteiger partial charge < -0.3 is 14.8 Å². The first-order valence-corrected chi connectivity index (χ1v) is 15.7. The second kappa shape index (κ2) is 11.7. The molecule has 2 N–H and O–H groups in total. The molecule has 0 radical (unpaired) electrons. The fraction of sp³-hybridized carbons (Fsp3) is 0.345. The predicted octanol–water partition coefficient (Wildman–Crippen LogP) is 4.20. The van der Waals surface area contributed by atoms with Crippen molar-refractivity contribution in [1.29, 1.82) is 0 Å². The molecule has 1 amide bonds. The number of aromatic nitrogens is 3. The number of carbonyl (C=O) groups excluding carboxylic acids is 1. The highest BCUT2D eigenvalue weighted by Crippen LogP contribution is 2.24. The molecular weight excluding hydrogens is 562 g/mol. The van der Waals surface area contributed by atoms with Gasteiger partial charge in [-0.3, -0.25) is 9.20 Å². The van der Waals surface area contributed by atoms with Gasteiger partial charge in [-0.2, -0.15) is 4.31 Å². The molecule has 12 heteroatoms. The van der Waals surface area contributed by atoms with E-state index in [9.17, 15) is 18.3 Å². The van der Waals surface area contributed by atoms with Crippen molar-refractivity contribution in [1.82, 2.24) is 24.0 Å². The maximum Gasteiger partial charge on any atom is 0.270 e. The van der Waals surface area contributed by atoms with Crippen LogP contribution in [0.25, 0.3) is 16.1 Å². The molecule has 0 spiro atoms. The molecule has 5 aromatic rings. The number of hydrogen-bond acceptors (Lipinski definition) is 8. The van der Waals surface area contributed by atoms with Gasteiger partial charge in [0.2, 0.25) is 10.0 Å². The molecular formula is C29H33N5O5S2. The van der Waals surface area contributed by atoms with Crippen LogP contribution in [0.3, 0.4) is 0 Å². The molecule has 0 aliphatic rings. The number of benzene rings is 2. The van der Waals surface area contributed by atoms with Gasteiger partial charge in [0, 0.05) is 37.7 Å². The smallest absolute Gasteiger partial charge is 0.270 e. The number of sulfonamides is 1. The van der Waals surface area contributed by atoms with Gasteiger partial charge in [0.15, 0.2) is 16.4 Å². The van der Waals surface area contributed by atoms with Crippen molar-refractivity contribution in [3.8, 4) is 0 Å². The highest BCUT2D eigenvalue weighted by atomic mass is 32.2. The van der Waals surface area contributed by atoms with E-state index in [4.69, 9.17) is 4.42 Å². The number of hydrogen-bond donors (Lipinski definition) is 2. The summed E-state index contributed by atoms with van der Waals surface area (Å²) in [5.74, 6) is 0.0335. The molecule has 2 atom stereocenters. The number of aliphatic hydroxyl groups excluding tert-OH is 1. The van der Waals surface area contributed by atoms with E-state index in [1.54, 1.807) is 30.5 Å². The highest BCUT2D eigenvalue weighted by Gasteiger charge is 2.32.